The van der Waals surface area contributed by atoms with E-state index in [9.17, 15) is 9.90 Å². The van der Waals surface area contributed by atoms with Crippen LogP contribution < -0.4 is 5.56 Å². The van der Waals surface area contributed by atoms with Gasteiger partial charge in [0.1, 0.15) is 5.82 Å². The fraction of sp³-hybridized carbons (Fsp3) is 0.333. The fourth-order valence-electron chi connectivity index (χ4n) is 2.05. The van der Waals surface area contributed by atoms with Gasteiger partial charge >= 0.3 is 0 Å². The van der Waals surface area contributed by atoms with E-state index in [0.29, 0.717) is 18.0 Å². The van der Waals surface area contributed by atoms with Crippen LogP contribution in [0.5, 0.6) is 5.88 Å². The molecule has 0 aliphatic rings. The highest BCUT2D eigenvalue weighted by molar-refractivity contribution is 5.56. The van der Waals surface area contributed by atoms with Crippen molar-refractivity contribution in [2.75, 3.05) is 7.11 Å². The van der Waals surface area contributed by atoms with Gasteiger partial charge in [0.05, 0.1) is 12.2 Å². The van der Waals surface area contributed by atoms with Crippen LogP contribution in [0.3, 0.4) is 0 Å². The number of hydrogen-bond donors (Lipinski definition) is 2. The van der Waals surface area contributed by atoms with E-state index in [1.165, 1.54) is 0 Å². The standard InChI is InChI=1S/C15H18N2O3/c1-9(2)12-14(18)16-13(17-15(12)19)11-6-4-10(5-7-11)8-20-3/h4-7,9H,8H2,1-3H3,(H2,16,17,18,19). The number of benzene rings is 1. The van der Waals surface area contributed by atoms with E-state index in [4.69, 9.17) is 4.74 Å². The van der Waals surface area contributed by atoms with Crippen molar-refractivity contribution in [2.45, 2.75) is 26.4 Å². The Morgan fingerprint density at radius 3 is 2.45 bits per heavy atom. The van der Waals surface area contributed by atoms with Crippen LogP contribution in [0.25, 0.3) is 11.4 Å². The summed E-state index contributed by atoms with van der Waals surface area (Å²) in [5, 5.41) is 9.89. The molecule has 0 unspecified atom stereocenters. The Morgan fingerprint density at radius 1 is 1.30 bits per heavy atom. The van der Waals surface area contributed by atoms with E-state index in [1.807, 2.05) is 38.1 Å². The molecule has 5 heteroatoms. The molecule has 1 aromatic carbocycles. The number of rotatable bonds is 4. The molecular formula is C15H18N2O3. The maximum atomic E-state index is 12.0. The summed E-state index contributed by atoms with van der Waals surface area (Å²) in [5.41, 5.74) is 1.78. The molecule has 2 rings (SSSR count). The number of aromatic amines is 1. The molecule has 0 radical (unpaired) electrons. The molecule has 0 amide bonds. The zero-order valence-corrected chi connectivity index (χ0v) is 11.8. The third-order valence-electron chi connectivity index (χ3n) is 3.05. The lowest BCUT2D eigenvalue weighted by atomic mass is 10.1. The van der Waals surface area contributed by atoms with Crippen molar-refractivity contribution in [1.82, 2.24) is 9.97 Å². The van der Waals surface area contributed by atoms with E-state index < -0.39 is 0 Å². The highest BCUT2D eigenvalue weighted by Gasteiger charge is 2.14. The summed E-state index contributed by atoms with van der Waals surface area (Å²) in [5.74, 6) is 0.0740. The minimum Gasteiger partial charge on any atom is -0.493 e. The predicted octanol–water partition coefficient (Wildman–Crippen LogP) is 2.41. The first-order valence-electron chi connectivity index (χ1n) is 6.44. The molecule has 2 aromatic rings. The average molecular weight is 274 g/mol. The van der Waals surface area contributed by atoms with Crippen LogP contribution in [0.4, 0.5) is 0 Å². The average Bonchev–Trinajstić information content (AvgIpc) is 2.38. The van der Waals surface area contributed by atoms with Crippen LogP contribution in [0, 0.1) is 0 Å². The summed E-state index contributed by atoms with van der Waals surface area (Å²) in [4.78, 5) is 18.7. The van der Waals surface area contributed by atoms with Gasteiger partial charge in [-0.3, -0.25) is 4.79 Å². The SMILES string of the molecule is COCc1ccc(-c2nc(O)c(C(C)C)c(=O)[nH]2)cc1. The number of nitrogens with one attached hydrogen (secondary N) is 1. The van der Waals surface area contributed by atoms with Crippen LogP contribution in [-0.4, -0.2) is 22.2 Å². The maximum absolute atomic E-state index is 12.0. The number of methoxy groups -OCH3 is 1. The monoisotopic (exact) mass is 274 g/mol. The lowest BCUT2D eigenvalue weighted by Gasteiger charge is -2.08. The van der Waals surface area contributed by atoms with Crippen molar-refractivity contribution in [1.29, 1.82) is 0 Å². The molecule has 2 N–H and O–H groups in total. The van der Waals surface area contributed by atoms with Gasteiger partial charge in [0.25, 0.3) is 5.56 Å². The van der Waals surface area contributed by atoms with Gasteiger partial charge in [0.15, 0.2) is 0 Å². The molecule has 0 spiro atoms. The Hall–Kier alpha value is -2.14. The van der Waals surface area contributed by atoms with E-state index in [-0.39, 0.29) is 17.4 Å². The topological polar surface area (TPSA) is 75.2 Å². The summed E-state index contributed by atoms with van der Waals surface area (Å²) in [6.07, 6.45) is 0. The highest BCUT2D eigenvalue weighted by atomic mass is 16.5. The van der Waals surface area contributed by atoms with Gasteiger partial charge in [-0.1, -0.05) is 38.1 Å². The minimum absolute atomic E-state index is 0.0793. The Bertz CT molecular complexity index is 645. The Kier molecular flexibility index (Phi) is 4.20. The van der Waals surface area contributed by atoms with Crippen molar-refractivity contribution in [3.8, 4) is 17.3 Å². The Morgan fingerprint density at radius 2 is 1.95 bits per heavy atom. The maximum Gasteiger partial charge on any atom is 0.258 e. The Balaban J connectivity index is 2.41. The van der Waals surface area contributed by atoms with Crippen molar-refractivity contribution in [2.24, 2.45) is 0 Å². The number of nitrogens with zero attached hydrogens (tertiary/aromatic N) is 1. The zero-order valence-electron chi connectivity index (χ0n) is 11.8. The molecular weight excluding hydrogens is 256 g/mol. The summed E-state index contributed by atoms with van der Waals surface area (Å²) in [6, 6.07) is 7.46. The van der Waals surface area contributed by atoms with Crippen molar-refractivity contribution >= 4 is 0 Å². The van der Waals surface area contributed by atoms with Gasteiger partial charge in [0, 0.05) is 12.7 Å². The van der Waals surface area contributed by atoms with Gasteiger partial charge < -0.3 is 14.8 Å². The van der Waals surface area contributed by atoms with Crippen LogP contribution >= 0.6 is 0 Å². The first-order chi connectivity index (χ1) is 9.52. The number of aromatic nitrogens is 2. The zero-order chi connectivity index (χ0) is 14.7. The van der Waals surface area contributed by atoms with Crippen molar-refractivity contribution in [3.63, 3.8) is 0 Å². The molecule has 0 bridgehead atoms. The normalized spacial score (nSPS) is 11.0. The second-order valence-electron chi connectivity index (χ2n) is 4.94. The summed E-state index contributed by atoms with van der Waals surface area (Å²) < 4.78 is 5.04. The van der Waals surface area contributed by atoms with Gasteiger partial charge in [-0.25, -0.2) is 0 Å². The number of hydrogen-bond acceptors (Lipinski definition) is 4. The lowest BCUT2D eigenvalue weighted by molar-refractivity contribution is 0.185. The molecule has 0 atom stereocenters. The number of ether oxygens (including phenoxy) is 1. The van der Waals surface area contributed by atoms with Gasteiger partial charge in [-0.15, -0.1) is 0 Å². The first-order valence-corrected chi connectivity index (χ1v) is 6.44. The number of H-pyrrole nitrogens is 1. The summed E-state index contributed by atoms with van der Waals surface area (Å²) in [7, 11) is 1.63. The largest absolute Gasteiger partial charge is 0.493 e. The van der Waals surface area contributed by atoms with Gasteiger partial charge in [-0.05, 0) is 11.5 Å². The third-order valence-corrected chi connectivity index (χ3v) is 3.05. The van der Waals surface area contributed by atoms with E-state index >= 15 is 0 Å². The first kappa shape index (κ1) is 14.3. The number of aromatic hydroxyl groups is 1. The quantitative estimate of drug-likeness (QED) is 0.897. The minimum atomic E-state index is -0.302. The molecule has 0 fully saturated rings. The molecule has 20 heavy (non-hydrogen) atoms. The van der Waals surface area contributed by atoms with Crippen LogP contribution in [-0.2, 0) is 11.3 Å². The van der Waals surface area contributed by atoms with Gasteiger partial charge in [-0.2, -0.15) is 4.98 Å². The van der Waals surface area contributed by atoms with E-state index in [0.717, 1.165) is 11.1 Å². The fourth-order valence-corrected chi connectivity index (χ4v) is 2.05. The molecule has 1 aromatic heterocycles. The molecule has 0 saturated heterocycles. The highest BCUT2D eigenvalue weighted by Crippen LogP contribution is 2.22. The summed E-state index contributed by atoms with van der Waals surface area (Å²) in [6.45, 7) is 4.21. The van der Waals surface area contributed by atoms with Gasteiger partial charge in [0.2, 0.25) is 5.88 Å². The molecule has 1 heterocycles. The van der Waals surface area contributed by atoms with Crippen LogP contribution in [0.15, 0.2) is 29.1 Å². The Labute approximate surface area is 117 Å². The van der Waals surface area contributed by atoms with E-state index in [1.54, 1.807) is 7.11 Å². The lowest BCUT2D eigenvalue weighted by Crippen LogP contribution is -2.16. The summed E-state index contributed by atoms with van der Waals surface area (Å²) >= 11 is 0. The second kappa shape index (κ2) is 5.88. The molecule has 0 aliphatic carbocycles. The molecule has 0 aliphatic heterocycles. The van der Waals surface area contributed by atoms with Crippen molar-refractivity contribution < 1.29 is 9.84 Å². The smallest absolute Gasteiger partial charge is 0.258 e. The van der Waals surface area contributed by atoms with Crippen LogP contribution in [0.1, 0.15) is 30.9 Å². The molecule has 5 nitrogen and oxygen atoms in total. The predicted molar refractivity (Wildman–Crippen MR) is 76.8 cm³/mol. The third kappa shape index (κ3) is 2.88. The second-order valence-corrected chi connectivity index (χ2v) is 4.94. The van der Waals surface area contributed by atoms with Crippen molar-refractivity contribution in [3.05, 3.63) is 45.7 Å². The molecule has 0 saturated carbocycles. The van der Waals surface area contributed by atoms with Crippen LogP contribution in [0.2, 0.25) is 0 Å². The molecule has 106 valence electrons. The van der Waals surface area contributed by atoms with E-state index in [2.05, 4.69) is 9.97 Å².